The number of benzene rings is 1. The molecule has 6 heteroatoms. The largest absolute Gasteiger partial charge is 0.378 e. The van der Waals surface area contributed by atoms with Crippen molar-refractivity contribution in [2.45, 2.75) is 44.8 Å². The molecule has 0 aliphatic carbocycles. The summed E-state index contributed by atoms with van der Waals surface area (Å²) in [6.45, 7) is 6.82. The number of fused-ring (bicyclic) bond motifs is 1. The van der Waals surface area contributed by atoms with Gasteiger partial charge in [-0.25, -0.2) is 0 Å². The van der Waals surface area contributed by atoms with E-state index in [0.29, 0.717) is 38.4 Å². The highest BCUT2D eigenvalue weighted by Crippen LogP contribution is 2.33. The molecular weight excluding hydrogens is 332 g/mol. The lowest BCUT2D eigenvalue weighted by molar-refractivity contribution is -0.145. The summed E-state index contributed by atoms with van der Waals surface area (Å²) in [5, 5.41) is 0. The Kier molecular flexibility index (Phi) is 4.49. The van der Waals surface area contributed by atoms with Gasteiger partial charge in [-0.3, -0.25) is 9.59 Å². The maximum absolute atomic E-state index is 13.2. The minimum Gasteiger partial charge on any atom is -0.378 e. The molecule has 4 rings (SSSR count). The third kappa shape index (κ3) is 3.01. The van der Waals surface area contributed by atoms with E-state index in [1.54, 1.807) is 11.8 Å². The molecule has 2 fully saturated rings. The average Bonchev–Trinajstić information content (AvgIpc) is 3.27. The molecule has 2 atom stereocenters. The van der Waals surface area contributed by atoms with Crippen LogP contribution in [0, 0.1) is 0 Å². The Morgan fingerprint density at radius 1 is 1.35 bits per heavy atom. The van der Waals surface area contributed by atoms with Gasteiger partial charge < -0.3 is 19.3 Å². The number of anilines is 1. The lowest BCUT2D eigenvalue weighted by atomic mass is 9.97. The Labute approximate surface area is 154 Å². The molecule has 6 nitrogen and oxygen atoms in total. The van der Waals surface area contributed by atoms with Gasteiger partial charge in [0, 0.05) is 44.3 Å². The van der Waals surface area contributed by atoms with E-state index in [2.05, 4.69) is 6.92 Å². The topological polar surface area (TPSA) is 59.1 Å². The number of rotatable bonds is 2. The lowest BCUT2D eigenvalue weighted by Gasteiger charge is -2.43. The van der Waals surface area contributed by atoms with Crippen molar-refractivity contribution in [3.63, 3.8) is 0 Å². The SMILES string of the molecule is CC[C@H]1CN(C(=O)c2ccc3c(c2)CCN3C(C)=O)C[C@@]2(CCOC2)O1. The summed E-state index contributed by atoms with van der Waals surface area (Å²) in [4.78, 5) is 28.6. The van der Waals surface area contributed by atoms with Crippen molar-refractivity contribution in [3.8, 4) is 0 Å². The Hall–Kier alpha value is -1.92. The quantitative estimate of drug-likeness (QED) is 0.811. The number of amides is 2. The summed E-state index contributed by atoms with van der Waals surface area (Å²) in [6, 6.07) is 5.70. The first-order valence-corrected chi connectivity index (χ1v) is 9.47. The van der Waals surface area contributed by atoms with E-state index in [-0.39, 0.29) is 23.5 Å². The molecule has 3 aliphatic heterocycles. The number of hydrogen-bond donors (Lipinski definition) is 0. The molecule has 3 aliphatic rings. The van der Waals surface area contributed by atoms with E-state index in [1.807, 2.05) is 23.1 Å². The molecule has 1 aromatic rings. The monoisotopic (exact) mass is 358 g/mol. The van der Waals surface area contributed by atoms with Crippen LogP contribution in [-0.2, 0) is 20.7 Å². The fourth-order valence-electron chi connectivity index (χ4n) is 4.30. The molecule has 1 spiro atoms. The van der Waals surface area contributed by atoms with Crippen LogP contribution in [0.15, 0.2) is 18.2 Å². The van der Waals surface area contributed by atoms with Crippen LogP contribution in [-0.4, -0.2) is 61.3 Å². The van der Waals surface area contributed by atoms with Gasteiger partial charge in [-0.1, -0.05) is 6.92 Å². The Bertz CT molecular complexity index is 727. The predicted molar refractivity (Wildman–Crippen MR) is 97.4 cm³/mol. The van der Waals surface area contributed by atoms with Crippen molar-refractivity contribution in [3.05, 3.63) is 29.3 Å². The van der Waals surface area contributed by atoms with Crippen LogP contribution in [0.4, 0.5) is 5.69 Å². The van der Waals surface area contributed by atoms with Crippen LogP contribution >= 0.6 is 0 Å². The van der Waals surface area contributed by atoms with Gasteiger partial charge in [0.1, 0.15) is 5.60 Å². The zero-order valence-electron chi connectivity index (χ0n) is 15.5. The fraction of sp³-hybridized carbons (Fsp3) is 0.600. The van der Waals surface area contributed by atoms with Crippen LogP contribution in [0.5, 0.6) is 0 Å². The zero-order valence-corrected chi connectivity index (χ0v) is 15.5. The zero-order chi connectivity index (χ0) is 18.3. The molecule has 1 aromatic carbocycles. The van der Waals surface area contributed by atoms with Gasteiger partial charge >= 0.3 is 0 Å². The number of ether oxygens (including phenoxy) is 2. The summed E-state index contributed by atoms with van der Waals surface area (Å²) in [5.74, 6) is 0.0899. The van der Waals surface area contributed by atoms with Gasteiger partial charge in [-0.05, 0) is 36.6 Å². The van der Waals surface area contributed by atoms with Gasteiger partial charge in [0.25, 0.3) is 5.91 Å². The van der Waals surface area contributed by atoms with Gasteiger partial charge in [-0.2, -0.15) is 0 Å². The lowest BCUT2D eigenvalue weighted by Crippen LogP contribution is -2.57. The Morgan fingerprint density at radius 3 is 2.88 bits per heavy atom. The number of carbonyl (C=O) groups excluding carboxylic acids is 2. The molecule has 0 unspecified atom stereocenters. The first-order chi connectivity index (χ1) is 12.5. The average molecular weight is 358 g/mol. The van der Waals surface area contributed by atoms with Crippen molar-refractivity contribution >= 4 is 17.5 Å². The van der Waals surface area contributed by atoms with Gasteiger partial charge in [0.2, 0.25) is 5.91 Å². The summed E-state index contributed by atoms with van der Waals surface area (Å²) in [5.41, 5.74) is 2.35. The van der Waals surface area contributed by atoms with E-state index in [9.17, 15) is 9.59 Å². The number of morpholine rings is 1. The molecule has 2 saturated heterocycles. The Balaban J connectivity index is 1.56. The minimum absolute atomic E-state index is 0.0436. The van der Waals surface area contributed by atoms with Crippen molar-refractivity contribution in [1.29, 1.82) is 0 Å². The second-order valence-corrected chi connectivity index (χ2v) is 7.58. The molecule has 0 bridgehead atoms. The first-order valence-electron chi connectivity index (χ1n) is 9.47. The summed E-state index contributed by atoms with van der Waals surface area (Å²) in [7, 11) is 0. The van der Waals surface area contributed by atoms with Crippen molar-refractivity contribution in [2.24, 2.45) is 0 Å². The third-order valence-electron chi connectivity index (χ3n) is 5.73. The molecule has 3 heterocycles. The second-order valence-electron chi connectivity index (χ2n) is 7.58. The van der Waals surface area contributed by atoms with Crippen molar-refractivity contribution < 1.29 is 19.1 Å². The molecular formula is C20H26N2O4. The van der Waals surface area contributed by atoms with Crippen molar-refractivity contribution in [1.82, 2.24) is 4.90 Å². The minimum atomic E-state index is -0.350. The van der Waals surface area contributed by atoms with Crippen LogP contribution in [0.25, 0.3) is 0 Å². The maximum atomic E-state index is 13.2. The molecule has 0 aromatic heterocycles. The summed E-state index contributed by atoms with van der Waals surface area (Å²) in [6.07, 6.45) is 2.57. The predicted octanol–water partition coefficient (Wildman–Crippen LogP) is 2.01. The molecule has 140 valence electrons. The first kappa shape index (κ1) is 17.5. The number of carbonyl (C=O) groups is 2. The van der Waals surface area contributed by atoms with E-state index < -0.39 is 0 Å². The van der Waals surface area contributed by atoms with E-state index in [1.165, 1.54) is 0 Å². The van der Waals surface area contributed by atoms with Crippen LogP contribution in [0.2, 0.25) is 0 Å². The van der Waals surface area contributed by atoms with E-state index in [0.717, 1.165) is 30.5 Å². The smallest absolute Gasteiger partial charge is 0.254 e. The fourth-order valence-corrected chi connectivity index (χ4v) is 4.30. The molecule has 2 amide bonds. The summed E-state index contributed by atoms with van der Waals surface area (Å²) < 4.78 is 11.8. The molecule has 0 N–H and O–H groups in total. The number of nitrogens with zero attached hydrogens (tertiary/aromatic N) is 2. The maximum Gasteiger partial charge on any atom is 0.254 e. The standard InChI is InChI=1S/C20H26N2O4/c1-3-17-11-21(12-20(26-17)7-9-25-13-20)19(24)16-4-5-18-15(10-16)6-8-22(18)14(2)23/h4-5,10,17H,3,6-9,11-13H2,1-2H3/t17-,20+/m0/s1. The third-order valence-corrected chi connectivity index (χ3v) is 5.73. The van der Waals surface area contributed by atoms with Crippen LogP contribution < -0.4 is 4.90 Å². The van der Waals surface area contributed by atoms with E-state index in [4.69, 9.17) is 9.47 Å². The number of hydrogen-bond acceptors (Lipinski definition) is 4. The highest BCUT2D eigenvalue weighted by molar-refractivity contribution is 5.98. The normalized spacial score (nSPS) is 27.8. The van der Waals surface area contributed by atoms with Gasteiger partial charge in [0.15, 0.2) is 0 Å². The molecule has 0 saturated carbocycles. The van der Waals surface area contributed by atoms with Crippen LogP contribution in [0.3, 0.4) is 0 Å². The van der Waals surface area contributed by atoms with Crippen molar-refractivity contribution in [2.75, 3.05) is 37.7 Å². The molecule has 0 radical (unpaired) electrons. The highest BCUT2D eigenvalue weighted by Gasteiger charge is 2.44. The molecule has 26 heavy (non-hydrogen) atoms. The van der Waals surface area contributed by atoms with Crippen LogP contribution in [0.1, 0.15) is 42.6 Å². The van der Waals surface area contributed by atoms with E-state index >= 15 is 0 Å². The van der Waals surface area contributed by atoms with Gasteiger partial charge in [-0.15, -0.1) is 0 Å². The Morgan fingerprint density at radius 2 is 2.19 bits per heavy atom. The highest BCUT2D eigenvalue weighted by atomic mass is 16.6. The summed E-state index contributed by atoms with van der Waals surface area (Å²) >= 11 is 0. The second kappa shape index (κ2) is 6.67. The van der Waals surface area contributed by atoms with Gasteiger partial charge in [0.05, 0.1) is 19.3 Å².